The lowest BCUT2D eigenvalue weighted by atomic mass is 10.1. The topological polar surface area (TPSA) is 50.7 Å². The zero-order valence-corrected chi connectivity index (χ0v) is 10.2. The van der Waals surface area contributed by atoms with Crippen LogP contribution in [0.3, 0.4) is 0 Å². The molecule has 1 atom stereocenters. The van der Waals surface area contributed by atoms with Gasteiger partial charge in [-0.05, 0) is 30.7 Å². The fourth-order valence-corrected chi connectivity index (χ4v) is 1.74. The molecule has 94 valence electrons. The Kier molecular flexibility index (Phi) is 4.30. The summed E-state index contributed by atoms with van der Waals surface area (Å²) in [5.41, 5.74) is 1.58. The maximum Gasteiger partial charge on any atom is 0.141 e. The maximum atomic E-state index is 13.2. The first-order valence-corrected chi connectivity index (χ1v) is 5.91. The molecule has 1 unspecified atom stereocenters. The van der Waals surface area contributed by atoms with E-state index in [2.05, 4.69) is 27.2 Å². The minimum absolute atomic E-state index is 0.156. The summed E-state index contributed by atoms with van der Waals surface area (Å²) in [5.74, 6) is -0.343. The highest BCUT2D eigenvalue weighted by molar-refractivity contribution is 5.24. The van der Waals surface area contributed by atoms with E-state index in [4.69, 9.17) is 0 Å². The van der Waals surface area contributed by atoms with Gasteiger partial charge in [0.15, 0.2) is 0 Å². The molecule has 0 bridgehead atoms. The van der Waals surface area contributed by atoms with Gasteiger partial charge >= 0.3 is 0 Å². The average molecular weight is 246 g/mol. The Morgan fingerprint density at radius 3 is 2.89 bits per heavy atom. The zero-order chi connectivity index (χ0) is 12.8. The van der Waals surface area contributed by atoms with E-state index in [-0.39, 0.29) is 11.9 Å². The molecule has 0 spiro atoms. The van der Waals surface area contributed by atoms with Crippen molar-refractivity contribution in [1.82, 2.24) is 20.3 Å². The number of nitrogens with one attached hydrogen (secondary N) is 1. The van der Waals surface area contributed by atoms with Gasteiger partial charge in [0.05, 0.1) is 17.9 Å². The minimum atomic E-state index is -0.343. The number of halogens is 1. The molecule has 0 aliphatic heterocycles. The van der Waals surface area contributed by atoms with E-state index in [0.29, 0.717) is 0 Å². The number of aromatic nitrogens is 3. The summed E-state index contributed by atoms with van der Waals surface area (Å²) in [7, 11) is 0. The molecule has 2 heterocycles. The van der Waals surface area contributed by atoms with Crippen LogP contribution in [0.5, 0.6) is 0 Å². The molecule has 2 aromatic heterocycles. The number of hydrogen-bond donors (Lipinski definition) is 1. The van der Waals surface area contributed by atoms with E-state index in [0.717, 1.165) is 24.2 Å². The molecule has 0 aromatic carbocycles. The molecule has 1 N–H and O–H groups in total. The second-order valence-corrected chi connectivity index (χ2v) is 3.96. The molecule has 0 aliphatic rings. The SMILES string of the molecule is CCCNC(c1cncc(F)c1)c1ccncn1. The fraction of sp³-hybridized carbons (Fsp3) is 0.308. The van der Waals surface area contributed by atoms with Crippen molar-refractivity contribution in [3.8, 4) is 0 Å². The van der Waals surface area contributed by atoms with E-state index in [1.807, 2.05) is 6.07 Å². The van der Waals surface area contributed by atoms with Crippen LogP contribution in [0.4, 0.5) is 4.39 Å². The number of pyridine rings is 1. The zero-order valence-electron chi connectivity index (χ0n) is 10.2. The lowest BCUT2D eigenvalue weighted by molar-refractivity contribution is 0.571. The summed E-state index contributed by atoms with van der Waals surface area (Å²) in [6.07, 6.45) is 7.00. The summed E-state index contributed by atoms with van der Waals surface area (Å²) >= 11 is 0. The Hall–Kier alpha value is -1.88. The van der Waals surface area contributed by atoms with Crippen LogP contribution in [-0.4, -0.2) is 21.5 Å². The molecular weight excluding hydrogens is 231 g/mol. The van der Waals surface area contributed by atoms with Crippen LogP contribution in [0.25, 0.3) is 0 Å². The Morgan fingerprint density at radius 2 is 2.22 bits per heavy atom. The largest absolute Gasteiger partial charge is 0.305 e. The van der Waals surface area contributed by atoms with Crippen molar-refractivity contribution in [1.29, 1.82) is 0 Å². The Labute approximate surface area is 105 Å². The summed E-state index contributed by atoms with van der Waals surface area (Å²) in [6.45, 7) is 2.90. The second-order valence-electron chi connectivity index (χ2n) is 3.96. The molecule has 0 fully saturated rings. The first-order chi connectivity index (χ1) is 8.81. The van der Waals surface area contributed by atoms with E-state index in [1.54, 1.807) is 12.4 Å². The molecular formula is C13H15FN4. The number of rotatable bonds is 5. The standard InChI is InChI=1S/C13H15FN4/c1-2-4-17-13(12-3-5-15-9-18-12)10-6-11(14)8-16-7-10/h3,5-9,13,17H,2,4H2,1H3. The van der Waals surface area contributed by atoms with Crippen molar-refractivity contribution in [3.63, 3.8) is 0 Å². The highest BCUT2D eigenvalue weighted by atomic mass is 19.1. The highest BCUT2D eigenvalue weighted by Gasteiger charge is 2.15. The van der Waals surface area contributed by atoms with Crippen molar-refractivity contribution in [2.75, 3.05) is 6.54 Å². The van der Waals surface area contributed by atoms with Gasteiger partial charge in [-0.3, -0.25) is 4.98 Å². The van der Waals surface area contributed by atoms with Gasteiger partial charge in [0, 0.05) is 12.4 Å². The monoisotopic (exact) mass is 246 g/mol. The quantitative estimate of drug-likeness (QED) is 0.877. The molecule has 18 heavy (non-hydrogen) atoms. The van der Waals surface area contributed by atoms with Crippen LogP contribution in [0.2, 0.25) is 0 Å². The van der Waals surface area contributed by atoms with Gasteiger partial charge in [-0.15, -0.1) is 0 Å². The number of hydrogen-bond acceptors (Lipinski definition) is 4. The predicted octanol–water partition coefficient (Wildman–Crippen LogP) is 2.10. The van der Waals surface area contributed by atoms with Gasteiger partial charge in [-0.1, -0.05) is 6.92 Å². The van der Waals surface area contributed by atoms with Crippen LogP contribution >= 0.6 is 0 Å². The van der Waals surface area contributed by atoms with Crippen LogP contribution < -0.4 is 5.32 Å². The summed E-state index contributed by atoms with van der Waals surface area (Å²) < 4.78 is 13.2. The van der Waals surface area contributed by atoms with Gasteiger partial charge in [-0.25, -0.2) is 14.4 Å². The van der Waals surface area contributed by atoms with Crippen molar-refractivity contribution in [2.45, 2.75) is 19.4 Å². The molecule has 0 radical (unpaired) electrons. The first-order valence-electron chi connectivity index (χ1n) is 5.91. The highest BCUT2D eigenvalue weighted by Crippen LogP contribution is 2.19. The van der Waals surface area contributed by atoms with Crippen molar-refractivity contribution in [2.24, 2.45) is 0 Å². The van der Waals surface area contributed by atoms with E-state index in [9.17, 15) is 4.39 Å². The summed E-state index contributed by atoms with van der Waals surface area (Å²) in [6, 6.07) is 3.14. The predicted molar refractivity (Wildman–Crippen MR) is 66.4 cm³/mol. The summed E-state index contributed by atoms with van der Waals surface area (Å²) in [5, 5.41) is 3.33. The van der Waals surface area contributed by atoms with Gasteiger partial charge in [0.25, 0.3) is 0 Å². The third-order valence-corrected chi connectivity index (χ3v) is 2.56. The van der Waals surface area contributed by atoms with Crippen LogP contribution in [-0.2, 0) is 0 Å². The van der Waals surface area contributed by atoms with Crippen molar-refractivity contribution in [3.05, 3.63) is 54.1 Å². The normalized spacial score (nSPS) is 12.3. The third kappa shape index (κ3) is 3.07. The van der Waals surface area contributed by atoms with Crippen molar-refractivity contribution < 1.29 is 4.39 Å². The Balaban J connectivity index is 2.31. The second kappa shape index (κ2) is 6.16. The van der Waals surface area contributed by atoms with Crippen LogP contribution in [0.1, 0.15) is 30.6 Å². The van der Waals surface area contributed by atoms with Gasteiger partial charge in [0.2, 0.25) is 0 Å². The molecule has 4 nitrogen and oxygen atoms in total. The molecule has 2 rings (SSSR count). The molecule has 0 aliphatic carbocycles. The van der Waals surface area contributed by atoms with E-state index >= 15 is 0 Å². The lowest BCUT2D eigenvalue weighted by Crippen LogP contribution is -2.24. The van der Waals surface area contributed by atoms with Crippen LogP contribution in [0.15, 0.2) is 37.1 Å². The van der Waals surface area contributed by atoms with Gasteiger partial charge < -0.3 is 5.32 Å². The smallest absolute Gasteiger partial charge is 0.141 e. The fourth-order valence-electron chi connectivity index (χ4n) is 1.74. The lowest BCUT2D eigenvalue weighted by Gasteiger charge is -2.17. The number of nitrogens with zero attached hydrogens (tertiary/aromatic N) is 3. The minimum Gasteiger partial charge on any atom is -0.305 e. The molecule has 0 saturated carbocycles. The van der Waals surface area contributed by atoms with E-state index in [1.165, 1.54) is 18.6 Å². The van der Waals surface area contributed by atoms with Crippen molar-refractivity contribution >= 4 is 0 Å². The summed E-state index contributed by atoms with van der Waals surface area (Å²) in [4.78, 5) is 12.0. The Bertz CT molecular complexity index is 489. The first kappa shape index (κ1) is 12.6. The molecule has 5 heteroatoms. The van der Waals surface area contributed by atoms with E-state index < -0.39 is 0 Å². The van der Waals surface area contributed by atoms with Gasteiger partial charge in [-0.2, -0.15) is 0 Å². The van der Waals surface area contributed by atoms with Gasteiger partial charge in [0.1, 0.15) is 12.1 Å². The molecule has 0 saturated heterocycles. The average Bonchev–Trinajstić information content (AvgIpc) is 2.40. The third-order valence-electron chi connectivity index (χ3n) is 2.56. The maximum absolute atomic E-state index is 13.2. The molecule has 2 aromatic rings. The Morgan fingerprint density at radius 1 is 1.33 bits per heavy atom. The molecule has 0 amide bonds. The van der Waals surface area contributed by atoms with Crippen LogP contribution in [0, 0.1) is 5.82 Å².